The third-order valence-corrected chi connectivity index (χ3v) is 8.93. The second-order valence-corrected chi connectivity index (χ2v) is 11.8. The van der Waals surface area contributed by atoms with Gasteiger partial charge in [0.05, 0.1) is 17.6 Å². The van der Waals surface area contributed by atoms with E-state index in [0.29, 0.717) is 17.8 Å². The Hall–Kier alpha value is -3.27. The summed E-state index contributed by atoms with van der Waals surface area (Å²) in [6.07, 6.45) is 2.01. The SMILES string of the molecule is Cc1cc(C)c(C2C(C#N)=C(N)N(c3cccc(Br)c3)C3=C2C(=O)CCC3)cc1CSCc1ccccc1. The number of ketones is 1. The van der Waals surface area contributed by atoms with Crippen LogP contribution in [0.3, 0.4) is 0 Å². The lowest BCUT2D eigenvalue weighted by molar-refractivity contribution is -0.116. The minimum absolute atomic E-state index is 0.108. The Morgan fingerprint density at radius 2 is 1.82 bits per heavy atom. The standard InChI is InChI=1S/C32H30BrN3OS/c1-20-14-21(2)26(15-23(20)19-38-18-22-8-4-3-5-9-22)30-27(17-34)32(35)36(25-11-6-10-24(33)16-25)28-12-7-13-29(37)31(28)30/h3-6,8-11,14-16,30H,7,12-13,18-19,35H2,1-2H3. The van der Waals surface area contributed by atoms with Crippen molar-refractivity contribution in [2.75, 3.05) is 4.90 Å². The van der Waals surface area contributed by atoms with Gasteiger partial charge in [-0.1, -0.05) is 64.5 Å². The van der Waals surface area contributed by atoms with Crippen molar-refractivity contribution in [3.63, 3.8) is 0 Å². The molecule has 0 aromatic heterocycles. The van der Waals surface area contributed by atoms with Gasteiger partial charge in [0.1, 0.15) is 5.82 Å². The van der Waals surface area contributed by atoms with Crippen LogP contribution in [0.15, 0.2) is 93.9 Å². The van der Waals surface area contributed by atoms with Gasteiger partial charge in [-0.05, 0) is 72.7 Å². The smallest absolute Gasteiger partial charge is 0.161 e. The zero-order valence-electron chi connectivity index (χ0n) is 21.6. The van der Waals surface area contributed by atoms with Crippen LogP contribution in [0.5, 0.6) is 0 Å². The van der Waals surface area contributed by atoms with Crippen LogP contribution in [0, 0.1) is 25.2 Å². The number of hydrogen-bond donors (Lipinski definition) is 1. The number of aryl methyl sites for hydroxylation is 2. The molecular weight excluding hydrogens is 554 g/mol. The summed E-state index contributed by atoms with van der Waals surface area (Å²) in [6, 6.07) is 25.1. The number of Topliss-reactive ketones (excluding diaryl/α,β-unsaturated/α-hetero) is 1. The van der Waals surface area contributed by atoms with Crippen LogP contribution >= 0.6 is 27.7 Å². The maximum absolute atomic E-state index is 13.5. The van der Waals surface area contributed by atoms with E-state index in [1.807, 2.05) is 47.0 Å². The van der Waals surface area contributed by atoms with Crippen molar-refractivity contribution in [2.24, 2.45) is 5.73 Å². The lowest BCUT2D eigenvalue weighted by Crippen LogP contribution is -2.38. The van der Waals surface area contributed by atoms with Crippen molar-refractivity contribution >= 4 is 39.2 Å². The molecule has 0 saturated heterocycles. The molecule has 0 fully saturated rings. The zero-order valence-corrected chi connectivity index (χ0v) is 24.0. The number of benzene rings is 3. The fourth-order valence-electron chi connectivity index (χ4n) is 5.54. The van der Waals surface area contributed by atoms with Crippen LogP contribution in [0.25, 0.3) is 0 Å². The molecule has 4 nitrogen and oxygen atoms in total. The zero-order chi connectivity index (χ0) is 26.8. The van der Waals surface area contributed by atoms with Gasteiger partial charge in [0.2, 0.25) is 0 Å². The van der Waals surface area contributed by atoms with Gasteiger partial charge >= 0.3 is 0 Å². The van der Waals surface area contributed by atoms with Gasteiger partial charge in [-0.25, -0.2) is 0 Å². The van der Waals surface area contributed by atoms with Crippen LogP contribution in [-0.2, 0) is 16.3 Å². The summed E-state index contributed by atoms with van der Waals surface area (Å²) in [4.78, 5) is 15.5. The first kappa shape index (κ1) is 26.3. The molecule has 1 aliphatic carbocycles. The first-order chi connectivity index (χ1) is 18.4. The van der Waals surface area contributed by atoms with E-state index >= 15 is 0 Å². The molecule has 0 saturated carbocycles. The summed E-state index contributed by atoms with van der Waals surface area (Å²) in [5.41, 5.74) is 15.5. The number of carbonyl (C=O) groups is 1. The van der Waals surface area contributed by atoms with Crippen LogP contribution in [0.2, 0.25) is 0 Å². The van der Waals surface area contributed by atoms with Gasteiger partial charge in [0.15, 0.2) is 5.78 Å². The van der Waals surface area contributed by atoms with E-state index in [1.54, 1.807) is 0 Å². The highest BCUT2D eigenvalue weighted by molar-refractivity contribution is 9.10. The third-order valence-electron chi connectivity index (χ3n) is 7.38. The van der Waals surface area contributed by atoms with Crippen molar-refractivity contribution in [3.05, 3.63) is 122 Å². The molecule has 6 heteroatoms. The summed E-state index contributed by atoms with van der Waals surface area (Å²) in [7, 11) is 0. The summed E-state index contributed by atoms with van der Waals surface area (Å²) < 4.78 is 0.916. The van der Waals surface area contributed by atoms with Crippen LogP contribution in [0.1, 0.15) is 53.0 Å². The minimum atomic E-state index is -0.454. The highest BCUT2D eigenvalue weighted by Gasteiger charge is 2.41. The predicted octanol–water partition coefficient (Wildman–Crippen LogP) is 7.80. The van der Waals surface area contributed by atoms with Crippen molar-refractivity contribution in [2.45, 2.75) is 50.5 Å². The Labute approximate surface area is 237 Å². The van der Waals surface area contributed by atoms with Crippen molar-refractivity contribution < 1.29 is 4.79 Å². The fraction of sp³-hybridized carbons (Fsp3) is 0.250. The molecule has 0 spiro atoms. The quantitative estimate of drug-likeness (QED) is 0.320. The summed E-state index contributed by atoms with van der Waals surface area (Å²) in [6.45, 7) is 4.21. The van der Waals surface area contributed by atoms with E-state index in [2.05, 4.69) is 72.2 Å². The van der Waals surface area contributed by atoms with Gasteiger partial charge in [-0.15, -0.1) is 0 Å². The molecule has 0 radical (unpaired) electrons. The molecule has 1 unspecified atom stereocenters. The fourth-order valence-corrected chi connectivity index (χ4v) is 6.99. The van der Waals surface area contributed by atoms with Crippen LogP contribution < -0.4 is 10.6 Å². The lowest BCUT2D eigenvalue weighted by atomic mass is 9.74. The number of hydrogen-bond acceptors (Lipinski definition) is 5. The third kappa shape index (κ3) is 5.06. The molecule has 3 aromatic rings. The molecule has 1 heterocycles. The summed E-state index contributed by atoms with van der Waals surface area (Å²) in [5.74, 6) is 1.84. The van der Waals surface area contributed by atoms with Gasteiger partial charge in [-0.3, -0.25) is 9.69 Å². The van der Waals surface area contributed by atoms with Gasteiger partial charge in [0.25, 0.3) is 0 Å². The summed E-state index contributed by atoms with van der Waals surface area (Å²) >= 11 is 5.43. The molecule has 192 valence electrons. The predicted molar refractivity (Wildman–Crippen MR) is 159 cm³/mol. The van der Waals surface area contributed by atoms with E-state index in [9.17, 15) is 10.1 Å². The van der Waals surface area contributed by atoms with E-state index in [4.69, 9.17) is 5.73 Å². The number of nitrogens with zero attached hydrogens (tertiary/aromatic N) is 2. The van der Waals surface area contributed by atoms with E-state index in [-0.39, 0.29) is 5.78 Å². The lowest BCUT2D eigenvalue weighted by Gasteiger charge is -2.40. The Bertz CT molecular complexity index is 1500. The number of rotatable bonds is 6. The first-order valence-electron chi connectivity index (χ1n) is 12.8. The highest BCUT2D eigenvalue weighted by Crippen LogP contribution is 2.47. The molecule has 2 N–H and O–H groups in total. The van der Waals surface area contributed by atoms with Crippen LogP contribution in [-0.4, -0.2) is 5.78 Å². The Morgan fingerprint density at radius 3 is 2.55 bits per heavy atom. The van der Waals surface area contributed by atoms with Crippen molar-refractivity contribution in [3.8, 4) is 6.07 Å². The molecule has 38 heavy (non-hydrogen) atoms. The number of allylic oxidation sites excluding steroid dienone is 3. The molecule has 2 aliphatic rings. The van der Waals surface area contributed by atoms with E-state index in [0.717, 1.165) is 56.9 Å². The minimum Gasteiger partial charge on any atom is -0.384 e. The normalized spacial score (nSPS) is 17.5. The topological polar surface area (TPSA) is 70.1 Å². The van der Waals surface area contributed by atoms with E-state index < -0.39 is 5.92 Å². The Balaban J connectivity index is 1.58. The monoisotopic (exact) mass is 583 g/mol. The molecule has 1 aliphatic heterocycles. The molecular formula is C32H30BrN3OS. The first-order valence-corrected chi connectivity index (χ1v) is 14.8. The van der Waals surface area contributed by atoms with Gasteiger partial charge in [0, 0.05) is 39.4 Å². The highest BCUT2D eigenvalue weighted by atomic mass is 79.9. The second kappa shape index (κ2) is 11.2. The van der Waals surface area contributed by atoms with Gasteiger partial charge < -0.3 is 5.73 Å². The second-order valence-electron chi connectivity index (χ2n) is 9.91. The Morgan fingerprint density at radius 1 is 1.03 bits per heavy atom. The number of thioether (sulfide) groups is 1. The van der Waals surface area contributed by atoms with Gasteiger partial charge in [-0.2, -0.15) is 17.0 Å². The molecule has 0 bridgehead atoms. The number of carbonyl (C=O) groups excluding carboxylic acids is 1. The average molecular weight is 585 g/mol. The molecule has 3 aromatic carbocycles. The van der Waals surface area contributed by atoms with Crippen molar-refractivity contribution in [1.82, 2.24) is 0 Å². The average Bonchev–Trinajstić information content (AvgIpc) is 2.90. The maximum Gasteiger partial charge on any atom is 0.161 e. The van der Waals surface area contributed by atoms with E-state index in [1.165, 1.54) is 16.7 Å². The molecule has 5 rings (SSSR count). The van der Waals surface area contributed by atoms with Crippen molar-refractivity contribution in [1.29, 1.82) is 5.26 Å². The van der Waals surface area contributed by atoms with Crippen LogP contribution in [0.4, 0.5) is 5.69 Å². The molecule has 0 amide bonds. The number of halogens is 1. The number of nitrogens with two attached hydrogens (primary N) is 1. The number of nitriles is 1. The molecule has 1 atom stereocenters. The maximum atomic E-state index is 13.5. The Kier molecular flexibility index (Phi) is 7.78. The largest absolute Gasteiger partial charge is 0.384 e. The summed E-state index contributed by atoms with van der Waals surface area (Å²) in [5, 5.41) is 10.4. The number of anilines is 1.